The molecule has 1 aliphatic carbocycles. The highest BCUT2D eigenvalue weighted by Gasteiger charge is 2.51. The molecule has 1 aromatic heterocycles. The number of benzene rings is 1. The minimum absolute atomic E-state index is 0.0538. The molecule has 0 radical (unpaired) electrons. The third kappa shape index (κ3) is 3.73. The van der Waals surface area contributed by atoms with Gasteiger partial charge in [-0.15, -0.1) is 13.2 Å². The van der Waals surface area contributed by atoms with Gasteiger partial charge in [0.2, 0.25) is 0 Å². The zero-order chi connectivity index (χ0) is 18.2. The molecule has 132 valence electrons. The van der Waals surface area contributed by atoms with Gasteiger partial charge in [-0.2, -0.15) is 5.10 Å². The van der Waals surface area contributed by atoms with Gasteiger partial charge in [-0.25, -0.2) is 4.79 Å². The van der Waals surface area contributed by atoms with Gasteiger partial charge in [0, 0.05) is 5.56 Å². The average molecular weight is 355 g/mol. The van der Waals surface area contributed by atoms with Crippen LogP contribution in [-0.4, -0.2) is 39.1 Å². The van der Waals surface area contributed by atoms with Crippen molar-refractivity contribution < 1.29 is 32.6 Å². The van der Waals surface area contributed by atoms with Crippen LogP contribution >= 0.6 is 0 Å². The second kappa shape index (κ2) is 5.80. The number of carbonyl (C=O) groups is 2. The SMILES string of the molecule is O=C(NC1(C(=O)O)CC1)c1cc(-c2ccc(OC(F)(F)F)cc2)n[nH]1. The van der Waals surface area contributed by atoms with E-state index in [0.29, 0.717) is 24.1 Å². The molecular weight excluding hydrogens is 343 g/mol. The summed E-state index contributed by atoms with van der Waals surface area (Å²) >= 11 is 0. The van der Waals surface area contributed by atoms with E-state index in [1.54, 1.807) is 0 Å². The molecule has 0 atom stereocenters. The largest absolute Gasteiger partial charge is 0.573 e. The second-order valence-electron chi connectivity index (χ2n) is 5.58. The maximum absolute atomic E-state index is 12.1. The molecule has 1 saturated carbocycles. The normalized spacial score (nSPS) is 15.5. The number of H-pyrrole nitrogens is 1. The van der Waals surface area contributed by atoms with Gasteiger partial charge in [0.1, 0.15) is 17.0 Å². The quantitative estimate of drug-likeness (QED) is 0.764. The Kier molecular flexibility index (Phi) is 3.90. The van der Waals surface area contributed by atoms with Crippen LogP contribution in [0, 0.1) is 0 Å². The predicted molar refractivity (Wildman–Crippen MR) is 77.8 cm³/mol. The van der Waals surface area contributed by atoms with E-state index >= 15 is 0 Å². The van der Waals surface area contributed by atoms with Crippen LogP contribution in [0.4, 0.5) is 13.2 Å². The van der Waals surface area contributed by atoms with E-state index in [0.717, 1.165) is 12.1 Å². The van der Waals surface area contributed by atoms with E-state index in [2.05, 4.69) is 20.3 Å². The molecule has 3 N–H and O–H groups in total. The Hall–Kier alpha value is -3.04. The number of nitrogens with one attached hydrogen (secondary N) is 2. The number of alkyl halides is 3. The molecule has 1 amide bonds. The molecule has 1 heterocycles. The number of aromatic nitrogens is 2. The highest BCUT2D eigenvalue weighted by Crippen LogP contribution is 2.35. The predicted octanol–water partition coefficient (Wildman–Crippen LogP) is 2.32. The van der Waals surface area contributed by atoms with Gasteiger partial charge in [0.25, 0.3) is 5.91 Å². The van der Waals surface area contributed by atoms with Crippen LogP contribution in [0.2, 0.25) is 0 Å². The summed E-state index contributed by atoms with van der Waals surface area (Å²) in [6.45, 7) is 0. The number of ether oxygens (including phenoxy) is 1. The van der Waals surface area contributed by atoms with Crippen molar-refractivity contribution in [1.29, 1.82) is 0 Å². The Balaban J connectivity index is 1.71. The summed E-state index contributed by atoms with van der Waals surface area (Å²) in [4.78, 5) is 23.1. The molecule has 25 heavy (non-hydrogen) atoms. The fraction of sp³-hybridized carbons (Fsp3) is 0.267. The van der Waals surface area contributed by atoms with Crippen LogP contribution in [0.25, 0.3) is 11.3 Å². The lowest BCUT2D eigenvalue weighted by Crippen LogP contribution is -2.43. The number of amides is 1. The highest BCUT2D eigenvalue weighted by molar-refractivity contribution is 5.98. The summed E-state index contributed by atoms with van der Waals surface area (Å²) in [5.74, 6) is -2.08. The lowest BCUT2D eigenvalue weighted by atomic mass is 10.1. The first-order valence-corrected chi connectivity index (χ1v) is 7.16. The number of carbonyl (C=O) groups excluding carboxylic acids is 1. The Morgan fingerprint density at radius 2 is 1.88 bits per heavy atom. The first kappa shape index (κ1) is 16.8. The van der Waals surface area contributed by atoms with Gasteiger partial charge in [0.05, 0.1) is 5.69 Å². The molecule has 2 aromatic rings. The van der Waals surface area contributed by atoms with Crippen molar-refractivity contribution in [1.82, 2.24) is 15.5 Å². The van der Waals surface area contributed by atoms with Crippen molar-refractivity contribution in [2.45, 2.75) is 24.7 Å². The van der Waals surface area contributed by atoms with E-state index in [-0.39, 0.29) is 11.4 Å². The smallest absolute Gasteiger partial charge is 0.480 e. The zero-order valence-corrected chi connectivity index (χ0v) is 12.6. The number of carboxylic acid groups (broad SMARTS) is 1. The third-order valence-corrected chi connectivity index (χ3v) is 3.72. The summed E-state index contributed by atoms with van der Waals surface area (Å²) in [6.07, 6.45) is -4.06. The molecule has 1 aromatic carbocycles. The summed E-state index contributed by atoms with van der Waals surface area (Å²) < 4.78 is 40.2. The van der Waals surface area contributed by atoms with Crippen molar-refractivity contribution in [2.24, 2.45) is 0 Å². The van der Waals surface area contributed by atoms with Gasteiger partial charge in [-0.3, -0.25) is 9.89 Å². The molecule has 7 nitrogen and oxygen atoms in total. The standard InChI is InChI=1S/C15H12F3N3O4/c16-15(17,18)25-9-3-1-8(2-4-9)10-7-11(21-20-10)12(22)19-14(5-6-14)13(23)24/h1-4,7H,5-6H2,(H,19,22)(H,20,21)(H,23,24). The maximum Gasteiger partial charge on any atom is 0.573 e. The zero-order valence-electron chi connectivity index (χ0n) is 12.6. The number of carboxylic acids is 1. The lowest BCUT2D eigenvalue weighted by molar-refractivity contribution is -0.274. The Bertz CT molecular complexity index is 810. The molecular formula is C15H12F3N3O4. The van der Waals surface area contributed by atoms with Crippen LogP contribution in [0.15, 0.2) is 30.3 Å². The summed E-state index contributed by atoms with van der Waals surface area (Å²) in [7, 11) is 0. The van der Waals surface area contributed by atoms with E-state index in [1.165, 1.54) is 18.2 Å². The average Bonchev–Trinajstić information content (AvgIpc) is 3.13. The summed E-state index contributed by atoms with van der Waals surface area (Å²) in [5, 5.41) is 17.9. The molecule has 1 fully saturated rings. The minimum Gasteiger partial charge on any atom is -0.480 e. The summed E-state index contributed by atoms with van der Waals surface area (Å²) in [6, 6.07) is 6.35. The molecule has 0 saturated heterocycles. The van der Waals surface area contributed by atoms with Gasteiger partial charge >= 0.3 is 12.3 Å². The molecule has 0 aliphatic heterocycles. The number of aliphatic carboxylic acids is 1. The van der Waals surface area contributed by atoms with Crippen molar-refractivity contribution in [3.63, 3.8) is 0 Å². The topological polar surface area (TPSA) is 104 Å². The van der Waals surface area contributed by atoms with Crippen LogP contribution in [0.1, 0.15) is 23.3 Å². The van der Waals surface area contributed by atoms with Crippen LogP contribution < -0.4 is 10.1 Å². The lowest BCUT2D eigenvalue weighted by Gasteiger charge is -2.10. The van der Waals surface area contributed by atoms with Gasteiger partial charge in [-0.1, -0.05) is 0 Å². The molecule has 0 bridgehead atoms. The fourth-order valence-electron chi connectivity index (χ4n) is 2.22. The second-order valence-corrected chi connectivity index (χ2v) is 5.58. The molecule has 0 unspecified atom stereocenters. The maximum atomic E-state index is 12.1. The summed E-state index contributed by atoms with van der Waals surface area (Å²) in [5.41, 5.74) is -0.384. The van der Waals surface area contributed by atoms with E-state index < -0.39 is 23.8 Å². The highest BCUT2D eigenvalue weighted by atomic mass is 19.4. The Morgan fingerprint density at radius 1 is 1.24 bits per heavy atom. The number of rotatable bonds is 5. The number of halogens is 3. The van der Waals surface area contributed by atoms with E-state index in [4.69, 9.17) is 5.11 Å². The first-order valence-electron chi connectivity index (χ1n) is 7.16. The van der Waals surface area contributed by atoms with Gasteiger partial charge in [0.15, 0.2) is 0 Å². The third-order valence-electron chi connectivity index (χ3n) is 3.72. The van der Waals surface area contributed by atoms with Crippen molar-refractivity contribution in [3.05, 3.63) is 36.0 Å². The Labute approximate surface area is 138 Å². The van der Waals surface area contributed by atoms with E-state index in [1.807, 2.05) is 0 Å². The van der Waals surface area contributed by atoms with Crippen molar-refractivity contribution in [2.75, 3.05) is 0 Å². The van der Waals surface area contributed by atoms with Crippen LogP contribution in [0.3, 0.4) is 0 Å². The minimum atomic E-state index is -4.78. The number of hydrogen-bond donors (Lipinski definition) is 3. The first-order chi connectivity index (χ1) is 11.7. The number of aromatic amines is 1. The number of hydrogen-bond acceptors (Lipinski definition) is 4. The van der Waals surface area contributed by atoms with Crippen molar-refractivity contribution in [3.8, 4) is 17.0 Å². The van der Waals surface area contributed by atoms with Crippen LogP contribution in [0.5, 0.6) is 5.75 Å². The van der Waals surface area contributed by atoms with E-state index in [9.17, 15) is 22.8 Å². The molecule has 1 aliphatic rings. The molecule has 0 spiro atoms. The Morgan fingerprint density at radius 3 is 2.40 bits per heavy atom. The molecule has 10 heteroatoms. The van der Waals surface area contributed by atoms with Gasteiger partial charge in [-0.05, 0) is 43.2 Å². The van der Waals surface area contributed by atoms with Gasteiger partial charge < -0.3 is 15.2 Å². The monoisotopic (exact) mass is 355 g/mol. The molecule has 3 rings (SSSR count). The van der Waals surface area contributed by atoms with Crippen LogP contribution in [-0.2, 0) is 4.79 Å². The van der Waals surface area contributed by atoms with Crippen molar-refractivity contribution >= 4 is 11.9 Å². The number of nitrogens with zero attached hydrogens (tertiary/aromatic N) is 1. The fourth-order valence-corrected chi connectivity index (χ4v) is 2.22.